The Kier molecular flexibility index (Phi) is 2.36. The maximum Gasteiger partial charge on any atom is 0.240 e. The van der Waals surface area contributed by atoms with Crippen molar-refractivity contribution in [2.75, 3.05) is 0 Å². The first-order chi connectivity index (χ1) is 5.24. The van der Waals surface area contributed by atoms with Crippen LogP contribution in [0.5, 0.6) is 0 Å². The van der Waals surface area contributed by atoms with Gasteiger partial charge in [0.1, 0.15) is 0 Å². The number of rotatable bonds is 2. The molecule has 0 spiro atoms. The van der Waals surface area contributed by atoms with Gasteiger partial charge in [-0.15, -0.1) is 0 Å². The van der Waals surface area contributed by atoms with E-state index >= 15 is 0 Å². The number of hydrogen-bond acceptors (Lipinski definition) is 1. The lowest BCUT2D eigenvalue weighted by molar-refractivity contribution is 0.409. The summed E-state index contributed by atoms with van der Waals surface area (Å²) in [6.07, 6.45) is -0.317. The molecule has 0 saturated carbocycles. The lowest BCUT2D eigenvalue weighted by atomic mass is 10.1. The van der Waals surface area contributed by atoms with Crippen LogP contribution in [0.25, 0.3) is 0 Å². The monoisotopic (exact) mass is 151 g/mol. The van der Waals surface area contributed by atoms with Crippen molar-refractivity contribution in [1.82, 2.24) is 0 Å². The average molecular weight is 151 g/mol. The molecule has 0 aliphatic carbocycles. The number of aryl methyl sites for hydroxylation is 1. The Morgan fingerprint density at radius 2 is 1.91 bits per heavy atom. The van der Waals surface area contributed by atoms with Crippen LogP contribution in [0, 0.1) is 6.92 Å². The number of halogens is 1. The molecule has 1 rings (SSSR count). The van der Waals surface area contributed by atoms with Crippen LogP contribution >= 0.6 is 0 Å². The molecule has 57 valence electrons. The fourth-order valence-corrected chi connectivity index (χ4v) is 0.803. The van der Waals surface area contributed by atoms with E-state index in [1.807, 2.05) is 6.92 Å². The first-order valence-corrected chi connectivity index (χ1v) is 3.32. The summed E-state index contributed by atoms with van der Waals surface area (Å²) < 4.78 is 12.6. The molecule has 1 nitrogen and oxygen atoms in total. The van der Waals surface area contributed by atoms with E-state index in [-0.39, 0.29) is 0 Å². The number of hydrogen-bond donors (Lipinski definition) is 0. The molecule has 1 radical (unpaired) electrons. The van der Waals surface area contributed by atoms with Crippen molar-refractivity contribution in [2.24, 2.45) is 0 Å². The highest BCUT2D eigenvalue weighted by Crippen LogP contribution is 2.14. The molecule has 1 atom stereocenters. The Balaban J connectivity index is 2.89. The highest BCUT2D eigenvalue weighted by molar-refractivity contribution is 5.60. The molecule has 0 N–H and O–H groups in total. The molecule has 0 heterocycles. The Labute approximate surface area is 64.9 Å². The van der Waals surface area contributed by atoms with Crippen LogP contribution in [0.1, 0.15) is 17.3 Å². The van der Waals surface area contributed by atoms with Crippen molar-refractivity contribution in [1.29, 1.82) is 0 Å². The summed E-state index contributed by atoms with van der Waals surface area (Å²) in [5, 5.41) is 0. The van der Waals surface area contributed by atoms with Crippen LogP contribution in [0.4, 0.5) is 4.39 Å². The summed E-state index contributed by atoms with van der Waals surface area (Å²) >= 11 is 0. The van der Waals surface area contributed by atoms with Crippen molar-refractivity contribution < 1.29 is 9.18 Å². The van der Waals surface area contributed by atoms with Crippen LogP contribution < -0.4 is 0 Å². The third-order valence-corrected chi connectivity index (χ3v) is 1.47. The van der Waals surface area contributed by atoms with Gasteiger partial charge in [0.05, 0.1) is 0 Å². The van der Waals surface area contributed by atoms with Gasteiger partial charge < -0.3 is 0 Å². The quantitative estimate of drug-likeness (QED) is 0.632. The van der Waals surface area contributed by atoms with Crippen molar-refractivity contribution in [3.05, 3.63) is 35.4 Å². The average Bonchev–Trinajstić information content (AvgIpc) is 2.05. The molecule has 2 heteroatoms. The van der Waals surface area contributed by atoms with E-state index < -0.39 is 6.17 Å². The van der Waals surface area contributed by atoms with Gasteiger partial charge in [0.2, 0.25) is 6.29 Å². The molecule has 0 aromatic heterocycles. The lowest BCUT2D eigenvalue weighted by Crippen LogP contribution is -1.91. The molecule has 0 aliphatic rings. The molecule has 0 amide bonds. The first-order valence-electron chi connectivity index (χ1n) is 3.32. The van der Waals surface area contributed by atoms with Gasteiger partial charge in [0, 0.05) is 0 Å². The fraction of sp³-hybridized carbons (Fsp3) is 0.222. The Hall–Kier alpha value is -1.18. The molecule has 11 heavy (non-hydrogen) atoms. The molecule has 1 unspecified atom stereocenters. The van der Waals surface area contributed by atoms with E-state index in [2.05, 4.69) is 0 Å². The van der Waals surface area contributed by atoms with E-state index in [0.29, 0.717) is 5.56 Å². The largest absolute Gasteiger partial charge is 0.287 e. The van der Waals surface area contributed by atoms with E-state index in [9.17, 15) is 9.18 Å². The van der Waals surface area contributed by atoms with Gasteiger partial charge in [0.25, 0.3) is 0 Å². The molecule has 0 fully saturated rings. The van der Waals surface area contributed by atoms with Gasteiger partial charge >= 0.3 is 0 Å². The van der Waals surface area contributed by atoms with Crippen molar-refractivity contribution in [2.45, 2.75) is 13.1 Å². The maximum atomic E-state index is 12.6. The van der Waals surface area contributed by atoms with Crippen molar-refractivity contribution in [3.8, 4) is 0 Å². The SMILES string of the molecule is Cc1ccc(C(F)[C]=O)cc1. The third kappa shape index (κ3) is 1.87. The van der Waals surface area contributed by atoms with Crippen molar-refractivity contribution >= 4 is 6.29 Å². The van der Waals surface area contributed by atoms with Crippen molar-refractivity contribution in [3.63, 3.8) is 0 Å². The predicted octanol–water partition coefficient (Wildman–Crippen LogP) is 2.12. The molecule has 0 saturated heterocycles. The molecule has 1 aromatic rings. The second-order valence-corrected chi connectivity index (χ2v) is 2.39. The van der Waals surface area contributed by atoms with Gasteiger partial charge in [-0.2, -0.15) is 0 Å². The molecular formula is C9H8FO. The van der Waals surface area contributed by atoms with E-state index in [4.69, 9.17) is 0 Å². The van der Waals surface area contributed by atoms with Crippen LogP contribution in [0.3, 0.4) is 0 Å². The van der Waals surface area contributed by atoms with E-state index in [1.165, 1.54) is 6.29 Å². The minimum Gasteiger partial charge on any atom is -0.287 e. The normalized spacial score (nSPS) is 12.5. The zero-order chi connectivity index (χ0) is 8.27. The molecule has 0 aliphatic heterocycles. The minimum atomic E-state index is -1.60. The van der Waals surface area contributed by atoms with Gasteiger partial charge in [0.15, 0.2) is 6.17 Å². The Bertz CT molecular complexity index is 240. The number of alkyl halides is 1. The molecular weight excluding hydrogens is 143 g/mol. The summed E-state index contributed by atoms with van der Waals surface area (Å²) in [6.45, 7) is 1.90. The minimum absolute atomic E-state index is 0.366. The van der Waals surface area contributed by atoms with Crippen LogP contribution in [0.2, 0.25) is 0 Å². The number of carbonyl (C=O) groups excluding carboxylic acids is 1. The van der Waals surface area contributed by atoms with Gasteiger partial charge in [-0.05, 0) is 12.5 Å². The second kappa shape index (κ2) is 3.28. The maximum absolute atomic E-state index is 12.6. The standard InChI is InChI=1S/C9H8FO/c1-7-2-4-8(5-3-7)9(10)6-11/h2-5,9H,1H3. The summed E-state index contributed by atoms with van der Waals surface area (Å²) in [7, 11) is 0. The summed E-state index contributed by atoms with van der Waals surface area (Å²) in [5.41, 5.74) is 1.41. The summed E-state index contributed by atoms with van der Waals surface area (Å²) in [6, 6.07) is 6.70. The van der Waals surface area contributed by atoms with Gasteiger partial charge in [-0.1, -0.05) is 29.8 Å². The zero-order valence-electron chi connectivity index (χ0n) is 6.17. The van der Waals surface area contributed by atoms with Gasteiger partial charge in [-0.3, -0.25) is 4.79 Å². The Morgan fingerprint density at radius 1 is 1.36 bits per heavy atom. The predicted molar refractivity (Wildman–Crippen MR) is 40.7 cm³/mol. The van der Waals surface area contributed by atoms with E-state index in [1.54, 1.807) is 24.3 Å². The topological polar surface area (TPSA) is 17.1 Å². The lowest BCUT2D eigenvalue weighted by Gasteiger charge is -1.98. The second-order valence-electron chi connectivity index (χ2n) is 2.39. The van der Waals surface area contributed by atoms with Gasteiger partial charge in [-0.25, -0.2) is 4.39 Å². The third-order valence-electron chi connectivity index (χ3n) is 1.47. The first kappa shape index (κ1) is 7.92. The smallest absolute Gasteiger partial charge is 0.240 e. The van der Waals surface area contributed by atoms with Crippen LogP contribution in [0.15, 0.2) is 24.3 Å². The molecule has 1 aromatic carbocycles. The number of benzene rings is 1. The van der Waals surface area contributed by atoms with Crippen LogP contribution in [-0.4, -0.2) is 6.29 Å². The summed E-state index contributed by atoms with van der Waals surface area (Å²) in [4.78, 5) is 9.89. The van der Waals surface area contributed by atoms with Crippen LogP contribution in [-0.2, 0) is 4.79 Å². The fourth-order valence-electron chi connectivity index (χ4n) is 0.803. The highest BCUT2D eigenvalue weighted by Gasteiger charge is 2.06. The van der Waals surface area contributed by atoms with E-state index in [0.717, 1.165) is 5.56 Å². The molecule has 0 bridgehead atoms. The summed E-state index contributed by atoms with van der Waals surface area (Å²) in [5.74, 6) is 0. The highest BCUT2D eigenvalue weighted by atomic mass is 19.1. The Morgan fingerprint density at radius 3 is 2.36 bits per heavy atom. The zero-order valence-corrected chi connectivity index (χ0v) is 6.17.